The summed E-state index contributed by atoms with van der Waals surface area (Å²) in [7, 11) is 1.48. The van der Waals surface area contributed by atoms with Gasteiger partial charge >= 0.3 is 0 Å². The van der Waals surface area contributed by atoms with E-state index in [-0.39, 0.29) is 17.9 Å². The van der Waals surface area contributed by atoms with Crippen LogP contribution in [0.1, 0.15) is 11.1 Å². The van der Waals surface area contributed by atoms with Gasteiger partial charge in [-0.3, -0.25) is 0 Å². The molecule has 0 aliphatic rings. The van der Waals surface area contributed by atoms with Gasteiger partial charge in [0, 0.05) is 27.6 Å². The number of nitrogens with one attached hydrogen (secondary N) is 1. The van der Waals surface area contributed by atoms with E-state index in [1.807, 2.05) is 0 Å². The van der Waals surface area contributed by atoms with Crippen molar-refractivity contribution in [2.24, 2.45) is 0 Å². The number of methoxy groups -OCH3 is 1. The van der Waals surface area contributed by atoms with Gasteiger partial charge in [-0.25, -0.2) is 4.39 Å². The minimum Gasteiger partial charge on any atom is -0.508 e. The highest BCUT2D eigenvalue weighted by atomic mass is 35.5. The highest BCUT2D eigenvalue weighted by Crippen LogP contribution is 2.36. The van der Waals surface area contributed by atoms with E-state index < -0.39 is 5.82 Å². The predicted octanol–water partition coefficient (Wildman–Crippen LogP) is 3.93. The lowest BCUT2D eigenvalue weighted by atomic mass is 9.97. The second kappa shape index (κ2) is 7.54. The third kappa shape index (κ3) is 3.68. The lowest BCUT2D eigenvalue weighted by Crippen LogP contribution is -2.55. The Kier molecular flexibility index (Phi) is 5.19. The third-order valence-corrected chi connectivity index (χ3v) is 4.24. The maximum atomic E-state index is 15.2. The largest absolute Gasteiger partial charge is 0.508 e. The van der Waals surface area contributed by atoms with Gasteiger partial charge in [-0.1, -0.05) is 29.8 Å². The molecule has 4 nitrogen and oxygen atoms in total. The molecule has 26 heavy (non-hydrogen) atoms. The Morgan fingerprint density at radius 3 is 2.65 bits per heavy atom. The summed E-state index contributed by atoms with van der Waals surface area (Å²) in [5.41, 5.74) is 2.14. The number of halogens is 2. The van der Waals surface area contributed by atoms with Crippen LogP contribution in [0, 0.1) is 10.7 Å². The lowest BCUT2D eigenvalue weighted by Gasteiger charge is -2.14. The first-order chi connectivity index (χ1) is 12.5. The van der Waals surface area contributed by atoms with Gasteiger partial charge < -0.3 is 9.84 Å². The van der Waals surface area contributed by atoms with E-state index in [1.54, 1.807) is 47.6 Å². The molecule has 0 saturated carbocycles. The average Bonchev–Trinajstić information content (AvgIpc) is 2.62. The molecule has 0 unspecified atom stereocenters. The molecule has 0 heterocycles. The number of nitroso groups, excluding NO2 is 1. The van der Waals surface area contributed by atoms with E-state index in [2.05, 4.69) is 0 Å². The molecule has 3 aromatic rings. The van der Waals surface area contributed by atoms with E-state index in [1.165, 1.54) is 19.2 Å². The Morgan fingerprint density at radius 2 is 1.96 bits per heavy atom. The smallest absolute Gasteiger partial charge is 0.257 e. The summed E-state index contributed by atoms with van der Waals surface area (Å²) >= 11 is 6.04. The molecule has 0 spiro atoms. The lowest BCUT2D eigenvalue weighted by molar-refractivity contribution is -0.379. The van der Waals surface area contributed by atoms with E-state index in [4.69, 9.17) is 16.3 Å². The van der Waals surface area contributed by atoms with E-state index >= 15 is 4.39 Å². The maximum absolute atomic E-state index is 15.2. The van der Waals surface area contributed by atoms with Crippen molar-refractivity contribution in [3.8, 4) is 22.6 Å². The van der Waals surface area contributed by atoms with Crippen LogP contribution >= 0.6 is 11.6 Å². The number of ether oxygens (including phenoxy) is 1. The molecule has 0 fully saturated rings. The van der Waals surface area contributed by atoms with Crippen molar-refractivity contribution in [2.45, 2.75) is 6.42 Å². The minimum atomic E-state index is -0.438. The summed E-state index contributed by atoms with van der Waals surface area (Å²) in [5, 5.41) is 11.9. The molecular weight excluding hydrogens is 357 g/mol. The molecule has 0 amide bonds. The molecular formula is C20H16ClFNO3+. The van der Waals surface area contributed by atoms with Crippen molar-refractivity contribution < 1.29 is 19.4 Å². The Morgan fingerprint density at radius 1 is 1.15 bits per heavy atom. The molecule has 3 rings (SSSR count). The number of benzene rings is 3. The van der Waals surface area contributed by atoms with E-state index in [0.717, 1.165) is 0 Å². The summed E-state index contributed by atoms with van der Waals surface area (Å²) in [6.07, 6.45) is 0.201. The molecule has 3 aromatic carbocycles. The van der Waals surface area contributed by atoms with Gasteiger partial charge in [-0.15, -0.1) is 0 Å². The highest BCUT2D eigenvalue weighted by molar-refractivity contribution is 6.30. The second-order valence-corrected chi connectivity index (χ2v) is 6.23. The fourth-order valence-electron chi connectivity index (χ4n) is 2.88. The molecule has 132 valence electrons. The summed E-state index contributed by atoms with van der Waals surface area (Å²) in [6.45, 7) is 0. The van der Waals surface area contributed by atoms with Gasteiger partial charge in [-0.2, -0.15) is 0 Å². The quantitative estimate of drug-likeness (QED) is 0.713. The van der Waals surface area contributed by atoms with E-state index in [0.29, 0.717) is 33.0 Å². The van der Waals surface area contributed by atoms with Gasteiger partial charge in [0.2, 0.25) is 0 Å². The Bertz CT molecular complexity index is 975. The van der Waals surface area contributed by atoms with Crippen molar-refractivity contribution in [1.29, 1.82) is 0 Å². The van der Waals surface area contributed by atoms with Crippen molar-refractivity contribution in [1.82, 2.24) is 0 Å². The number of rotatable bonds is 5. The molecule has 6 heteroatoms. The summed E-state index contributed by atoms with van der Waals surface area (Å²) in [4.78, 5) is 10.8. The predicted molar refractivity (Wildman–Crippen MR) is 98.3 cm³/mol. The SMILES string of the molecule is COc1ccc(Cc2cc(O)cc([NH+]=O)c2)c(F)c1-c1cccc(Cl)c1. The number of hydrogen-bond donors (Lipinski definition) is 2. The van der Waals surface area contributed by atoms with Crippen LogP contribution in [-0.4, -0.2) is 12.2 Å². The molecule has 0 aliphatic heterocycles. The summed E-state index contributed by atoms with van der Waals surface area (Å²) < 4.78 is 20.6. The zero-order valence-electron chi connectivity index (χ0n) is 13.9. The zero-order chi connectivity index (χ0) is 18.7. The number of hydrogen-bond acceptors (Lipinski definition) is 3. The Hall–Kier alpha value is -2.92. The van der Waals surface area contributed by atoms with Crippen LogP contribution in [-0.2, 0) is 6.42 Å². The first-order valence-corrected chi connectivity index (χ1v) is 8.22. The molecule has 0 atom stereocenters. The first-order valence-electron chi connectivity index (χ1n) is 7.84. The number of phenols is 1. The van der Waals surface area contributed by atoms with Crippen LogP contribution in [0.2, 0.25) is 5.02 Å². The van der Waals surface area contributed by atoms with Crippen LogP contribution in [0.25, 0.3) is 11.1 Å². The number of phenolic OH excluding ortho intramolecular Hbond substituents is 1. The summed E-state index contributed by atoms with van der Waals surface area (Å²) in [6, 6.07) is 14.5. The third-order valence-electron chi connectivity index (χ3n) is 4.01. The molecule has 0 aromatic heterocycles. The topological polar surface area (TPSA) is 60.5 Å². The maximum Gasteiger partial charge on any atom is 0.257 e. The molecule has 0 radical (unpaired) electrons. The van der Waals surface area contributed by atoms with Crippen molar-refractivity contribution in [3.05, 3.63) is 81.5 Å². The second-order valence-electron chi connectivity index (χ2n) is 5.79. The highest BCUT2D eigenvalue weighted by Gasteiger charge is 2.17. The molecule has 0 bridgehead atoms. The van der Waals surface area contributed by atoms with Crippen molar-refractivity contribution in [2.75, 3.05) is 7.11 Å². The van der Waals surface area contributed by atoms with Crippen LogP contribution in [0.5, 0.6) is 11.5 Å². The van der Waals surface area contributed by atoms with Crippen molar-refractivity contribution in [3.63, 3.8) is 0 Å². The zero-order valence-corrected chi connectivity index (χ0v) is 14.7. The first kappa shape index (κ1) is 17.9. The fourth-order valence-corrected chi connectivity index (χ4v) is 3.07. The van der Waals surface area contributed by atoms with Gasteiger partial charge in [0.15, 0.2) is 0 Å². The van der Waals surface area contributed by atoms with Gasteiger partial charge in [-0.05, 0) is 41.0 Å². The molecule has 2 N–H and O–H groups in total. The standard InChI is InChI=1S/C20H15ClFNO3/c1-26-18-6-5-14(7-12-8-16(23-25)11-17(24)9-12)20(22)19(18)13-3-2-4-15(21)10-13/h2-6,8-11,24H,7H2,1H3/p+1. The van der Waals surface area contributed by atoms with Crippen LogP contribution in [0.4, 0.5) is 10.1 Å². The monoisotopic (exact) mass is 372 g/mol. The van der Waals surface area contributed by atoms with Gasteiger partial charge in [0.05, 0.1) is 18.7 Å². The molecule has 0 aliphatic carbocycles. The average molecular weight is 373 g/mol. The fraction of sp³-hybridized carbons (Fsp3) is 0.100. The number of aromatic hydroxyl groups is 1. The minimum absolute atomic E-state index is 0.0650. The van der Waals surface area contributed by atoms with Crippen LogP contribution in [0.3, 0.4) is 0 Å². The van der Waals surface area contributed by atoms with Gasteiger partial charge in [0.1, 0.15) is 17.3 Å². The van der Waals surface area contributed by atoms with Crippen molar-refractivity contribution >= 4 is 17.3 Å². The summed E-state index contributed by atoms with van der Waals surface area (Å²) in [5.74, 6) is -0.109. The normalized spacial score (nSPS) is 10.6. The Labute approximate surface area is 154 Å². The van der Waals surface area contributed by atoms with Crippen LogP contribution < -0.4 is 9.91 Å². The Balaban J connectivity index is 2.08. The molecule has 0 saturated heterocycles. The van der Waals surface area contributed by atoms with E-state index in [9.17, 15) is 10.0 Å². The van der Waals surface area contributed by atoms with Crippen LogP contribution in [0.15, 0.2) is 54.6 Å². The van der Waals surface area contributed by atoms with Gasteiger partial charge in [0.25, 0.3) is 5.69 Å².